The third kappa shape index (κ3) is 3.41. The van der Waals surface area contributed by atoms with Gasteiger partial charge in [-0.3, -0.25) is 9.78 Å². The molecule has 2 aromatic rings. The number of nitrogens with one attached hydrogen (secondary N) is 1. The Bertz CT molecular complexity index is 704. The van der Waals surface area contributed by atoms with Crippen LogP contribution in [0.2, 0.25) is 0 Å². The minimum atomic E-state index is -0.268. The van der Waals surface area contributed by atoms with Crippen LogP contribution >= 0.6 is 0 Å². The molecule has 0 aliphatic carbocycles. The van der Waals surface area contributed by atoms with Gasteiger partial charge in [0, 0.05) is 36.5 Å². The highest BCUT2D eigenvalue weighted by molar-refractivity contribution is 5.91. The van der Waals surface area contributed by atoms with Gasteiger partial charge < -0.3 is 14.8 Å². The Morgan fingerprint density at radius 2 is 2.30 bits per heavy atom. The van der Waals surface area contributed by atoms with Crippen LogP contribution in [-0.4, -0.2) is 28.6 Å². The molecule has 0 fully saturated rings. The maximum Gasteiger partial charge on any atom is 0.271 e. The lowest BCUT2D eigenvalue weighted by Gasteiger charge is -2.13. The van der Waals surface area contributed by atoms with Crippen molar-refractivity contribution in [2.24, 2.45) is 0 Å². The van der Waals surface area contributed by atoms with Crippen molar-refractivity contribution in [2.75, 3.05) is 6.61 Å². The van der Waals surface area contributed by atoms with Gasteiger partial charge in [-0.15, -0.1) is 0 Å². The molecule has 6 heteroatoms. The zero-order chi connectivity index (χ0) is 16.2. The Kier molecular flexibility index (Phi) is 4.41. The molecule has 23 heavy (non-hydrogen) atoms. The van der Waals surface area contributed by atoms with Gasteiger partial charge >= 0.3 is 0 Å². The summed E-state index contributed by atoms with van der Waals surface area (Å²) in [5.74, 6) is 1.38. The topological polar surface area (TPSA) is 73.3 Å². The summed E-state index contributed by atoms with van der Waals surface area (Å²) in [6.07, 6.45) is 5.51. The summed E-state index contributed by atoms with van der Waals surface area (Å²) in [6, 6.07) is 3.95. The predicted molar refractivity (Wildman–Crippen MR) is 84.6 cm³/mol. The second-order valence-corrected chi connectivity index (χ2v) is 5.41. The average Bonchev–Trinajstić information content (AvgIpc) is 2.92. The van der Waals surface area contributed by atoms with Crippen molar-refractivity contribution < 1.29 is 14.3 Å². The first kappa shape index (κ1) is 15.3. The van der Waals surface area contributed by atoms with Crippen molar-refractivity contribution in [3.63, 3.8) is 0 Å². The molecule has 3 rings (SSSR count). The summed E-state index contributed by atoms with van der Waals surface area (Å²) >= 11 is 0. The van der Waals surface area contributed by atoms with Crippen molar-refractivity contribution in [3.05, 3.63) is 47.5 Å². The maximum atomic E-state index is 12.1. The number of carbonyl (C=O) groups excluding carboxylic acids is 1. The molecule has 2 heterocycles. The second kappa shape index (κ2) is 6.64. The number of hydrogen-bond donors (Lipinski definition) is 1. The minimum Gasteiger partial charge on any atom is -0.494 e. The van der Waals surface area contributed by atoms with Gasteiger partial charge in [0.05, 0.1) is 12.8 Å². The van der Waals surface area contributed by atoms with Crippen LogP contribution < -0.4 is 14.8 Å². The number of fused-ring (bicyclic) bond motifs is 1. The van der Waals surface area contributed by atoms with E-state index in [9.17, 15) is 4.79 Å². The molecule has 1 aliphatic rings. The van der Waals surface area contributed by atoms with Crippen LogP contribution in [-0.2, 0) is 13.0 Å². The molecule has 0 spiro atoms. The fourth-order valence-corrected chi connectivity index (χ4v) is 2.59. The van der Waals surface area contributed by atoms with Crippen LogP contribution in [0.1, 0.15) is 35.5 Å². The average molecular weight is 313 g/mol. The van der Waals surface area contributed by atoms with Gasteiger partial charge in [-0.2, -0.15) is 0 Å². The SMILES string of the molecule is CCOc1cc2c(cc1CNC(=O)c1cnccn1)OC(C)C2. The summed E-state index contributed by atoms with van der Waals surface area (Å²) in [6.45, 7) is 4.89. The van der Waals surface area contributed by atoms with Gasteiger partial charge in [-0.1, -0.05) is 0 Å². The van der Waals surface area contributed by atoms with Crippen molar-refractivity contribution in [3.8, 4) is 11.5 Å². The number of nitrogens with zero attached hydrogens (tertiary/aromatic N) is 2. The number of hydrogen-bond acceptors (Lipinski definition) is 5. The van der Waals surface area contributed by atoms with Crippen molar-refractivity contribution in [1.29, 1.82) is 0 Å². The third-order valence-electron chi connectivity index (χ3n) is 3.61. The molecule has 0 saturated carbocycles. The molecule has 120 valence electrons. The fraction of sp³-hybridized carbons (Fsp3) is 0.353. The number of aromatic nitrogens is 2. The molecular weight excluding hydrogens is 294 g/mol. The van der Waals surface area contributed by atoms with Gasteiger partial charge in [0.15, 0.2) is 0 Å². The molecule has 1 aliphatic heterocycles. The molecular formula is C17H19N3O3. The molecule has 1 atom stereocenters. The molecule has 1 amide bonds. The number of ether oxygens (including phenoxy) is 2. The normalized spacial score (nSPS) is 15.7. The molecule has 0 bridgehead atoms. The molecule has 1 unspecified atom stereocenters. The van der Waals surface area contributed by atoms with Gasteiger partial charge in [-0.25, -0.2) is 4.98 Å². The third-order valence-corrected chi connectivity index (χ3v) is 3.61. The molecule has 1 N–H and O–H groups in total. The molecule has 6 nitrogen and oxygen atoms in total. The highest BCUT2D eigenvalue weighted by Crippen LogP contribution is 2.35. The number of benzene rings is 1. The maximum absolute atomic E-state index is 12.1. The Balaban J connectivity index is 1.76. The van der Waals surface area contributed by atoms with Crippen molar-refractivity contribution in [1.82, 2.24) is 15.3 Å². The van der Waals surface area contributed by atoms with E-state index >= 15 is 0 Å². The van der Waals surface area contributed by atoms with E-state index in [-0.39, 0.29) is 17.7 Å². The fourth-order valence-electron chi connectivity index (χ4n) is 2.59. The largest absolute Gasteiger partial charge is 0.494 e. The smallest absolute Gasteiger partial charge is 0.271 e. The summed E-state index contributed by atoms with van der Waals surface area (Å²) in [4.78, 5) is 20.0. The summed E-state index contributed by atoms with van der Waals surface area (Å²) in [5.41, 5.74) is 2.32. The Morgan fingerprint density at radius 1 is 1.43 bits per heavy atom. The van der Waals surface area contributed by atoms with E-state index in [0.29, 0.717) is 13.2 Å². The zero-order valence-corrected chi connectivity index (χ0v) is 13.2. The number of amides is 1. The van der Waals surface area contributed by atoms with Crippen molar-refractivity contribution in [2.45, 2.75) is 32.9 Å². The van der Waals surface area contributed by atoms with E-state index in [1.165, 1.54) is 18.6 Å². The van der Waals surface area contributed by atoms with E-state index in [0.717, 1.165) is 29.0 Å². The summed E-state index contributed by atoms with van der Waals surface area (Å²) in [5, 5.41) is 2.84. The van der Waals surface area contributed by atoms with Crippen LogP contribution in [0, 0.1) is 0 Å². The van der Waals surface area contributed by atoms with E-state index in [2.05, 4.69) is 15.3 Å². The van der Waals surface area contributed by atoms with E-state index in [1.807, 2.05) is 26.0 Å². The van der Waals surface area contributed by atoms with Crippen LogP contribution in [0.15, 0.2) is 30.7 Å². The molecule has 0 radical (unpaired) electrons. The highest BCUT2D eigenvalue weighted by atomic mass is 16.5. The summed E-state index contributed by atoms with van der Waals surface area (Å²) in [7, 11) is 0. The molecule has 1 aromatic heterocycles. The predicted octanol–water partition coefficient (Wildman–Crippen LogP) is 2.13. The number of carbonyl (C=O) groups is 1. The first-order valence-corrected chi connectivity index (χ1v) is 7.67. The molecule has 1 aromatic carbocycles. The lowest BCUT2D eigenvalue weighted by atomic mass is 10.1. The van der Waals surface area contributed by atoms with Gasteiger partial charge in [0.2, 0.25) is 0 Å². The van der Waals surface area contributed by atoms with Crippen LogP contribution in [0.25, 0.3) is 0 Å². The van der Waals surface area contributed by atoms with E-state index in [1.54, 1.807) is 0 Å². The lowest BCUT2D eigenvalue weighted by molar-refractivity contribution is 0.0945. The van der Waals surface area contributed by atoms with Crippen LogP contribution in [0.5, 0.6) is 11.5 Å². The lowest BCUT2D eigenvalue weighted by Crippen LogP contribution is -2.24. The quantitative estimate of drug-likeness (QED) is 0.915. The Labute approximate surface area is 134 Å². The first-order valence-electron chi connectivity index (χ1n) is 7.67. The number of rotatable bonds is 5. The summed E-state index contributed by atoms with van der Waals surface area (Å²) < 4.78 is 11.5. The first-order chi connectivity index (χ1) is 11.2. The highest BCUT2D eigenvalue weighted by Gasteiger charge is 2.22. The monoisotopic (exact) mass is 313 g/mol. The second-order valence-electron chi connectivity index (χ2n) is 5.41. The van der Waals surface area contributed by atoms with Crippen LogP contribution in [0.3, 0.4) is 0 Å². The van der Waals surface area contributed by atoms with Crippen LogP contribution in [0.4, 0.5) is 0 Å². The zero-order valence-electron chi connectivity index (χ0n) is 13.2. The van der Waals surface area contributed by atoms with E-state index in [4.69, 9.17) is 9.47 Å². The Morgan fingerprint density at radius 3 is 3.04 bits per heavy atom. The Hall–Kier alpha value is -2.63. The van der Waals surface area contributed by atoms with Crippen molar-refractivity contribution >= 4 is 5.91 Å². The van der Waals surface area contributed by atoms with Gasteiger partial charge in [0.25, 0.3) is 5.91 Å². The van der Waals surface area contributed by atoms with E-state index < -0.39 is 0 Å². The van der Waals surface area contributed by atoms with Gasteiger partial charge in [0.1, 0.15) is 23.3 Å². The van der Waals surface area contributed by atoms with Gasteiger partial charge in [-0.05, 0) is 26.0 Å². The minimum absolute atomic E-state index is 0.170. The molecule has 0 saturated heterocycles. The standard InChI is InChI=1S/C17H19N3O3/c1-3-22-15-7-12-6-11(2)23-16(12)8-13(15)9-20-17(21)14-10-18-4-5-19-14/h4-5,7-8,10-11H,3,6,9H2,1-2H3,(H,20,21).